The van der Waals surface area contributed by atoms with Crippen LogP contribution in [0.25, 0.3) is 0 Å². The molecule has 0 aromatic rings. The van der Waals surface area contributed by atoms with Crippen molar-refractivity contribution in [3.8, 4) is 0 Å². The largest absolute Gasteiger partial charge is 0.393 e. The summed E-state index contributed by atoms with van der Waals surface area (Å²) in [5, 5.41) is 0. The lowest BCUT2D eigenvalue weighted by Gasteiger charge is -2.31. The van der Waals surface area contributed by atoms with E-state index in [-0.39, 0.29) is 17.3 Å². The third-order valence-electron chi connectivity index (χ3n) is 6.76. The van der Waals surface area contributed by atoms with Crippen LogP contribution >= 0.6 is 0 Å². The normalized spacial score (nSPS) is 38.0. The van der Waals surface area contributed by atoms with Gasteiger partial charge >= 0.3 is 11.9 Å². The number of carbonyl (C=O) groups is 2. The van der Waals surface area contributed by atoms with Crippen molar-refractivity contribution in [2.75, 3.05) is 20.0 Å². The number of cyclic esters (lactones) is 2. The molecule has 3 aliphatic rings. The van der Waals surface area contributed by atoms with Gasteiger partial charge in [-0.2, -0.15) is 0 Å². The lowest BCUT2D eigenvalue weighted by Crippen LogP contribution is -2.27. The van der Waals surface area contributed by atoms with Crippen molar-refractivity contribution in [2.45, 2.75) is 61.3 Å². The summed E-state index contributed by atoms with van der Waals surface area (Å²) in [4.78, 5) is 21.1. The minimum atomic E-state index is -0.396. The van der Waals surface area contributed by atoms with E-state index in [0.29, 0.717) is 6.79 Å². The van der Waals surface area contributed by atoms with E-state index >= 15 is 0 Å². The number of carbonyl (C=O) groups excluding carboxylic acids is 2. The van der Waals surface area contributed by atoms with Crippen molar-refractivity contribution < 1.29 is 23.8 Å². The van der Waals surface area contributed by atoms with Crippen LogP contribution in [-0.2, 0) is 23.8 Å². The van der Waals surface area contributed by atoms with Crippen LogP contribution in [0, 0.1) is 46.8 Å². The summed E-state index contributed by atoms with van der Waals surface area (Å²) in [5.41, 5.74) is 0.236. The fraction of sp³-hybridized carbons (Fsp3) is 0.909. The van der Waals surface area contributed by atoms with E-state index < -0.39 is 11.9 Å². The fourth-order valence-electron chi connectivity index (χ4n) is 4.59. The van der Waals surface area contributed by atoms with Gasteiger partial charge in [0.05, 0.1) is 25.0 Å². The van der Waals surface area contributed by atoms with Gasteiger partial charge in [0, 0.05) is 0 Å². The molecule has 1 aliphatic heterocycles. The number of rotatable bonds is 5. The van der Waals surface area contributed by atoms with E-state index in [9.17, 15) is 9.59 Å². The molecule has 156 valence electrons. The van der Waals surface area contributed by atoms with Gasteiger partial charge in [-0.05, 0) is 47.8 Å². The Balaban J connectivity index is 0.000000244. The highest BCUT2D eigenvalue weighted by Gasteiger charge is 2.48. The Labute approximate surface area is 164 Å². The topological polar surface area (TPSA) is 61.8 Å². The van der Waals surface area contributed by atoms with E-state index in [1.54, 1.807) is 13.8 Å². The van der Waals surface area contributed by atoms with Crippen LogP contribution in [0.5, 0.6) is 0 Å². The minimum absolute atomic E-state index is 0.236. The molecule has 5 nitrogen and oxygen atoms in total. The molecule has 1 saturated heterocycles. The van der Waals surface area contributed by atoms with Crippen molar-refractivity contribution in [3.05, 3.63) is 0 Å². The molecule has 0 spiro atoms. The predicted molar refractivity (Wildman–Crippen MR) is 104 cm³/mol. The van der Waals surface area contributed by atoms with Crippen LogP contribution in [0.1, 0.15) is 61.3 Å². The maximum Gasteiger partial charge on any atom is 0.317 e. The molecule has 0 aromatic heterocycles. The quantitative estimate of drug-likeness (QED) is 0.307. The second-order valence-electron chi connectivity index (χ2n) is 10.1. The Morgan fingerprint density at radius 3 is 1.93 bits per heavy atom. The number of hydrogen-bond donors (Lipinski definition) is 0. The van der Waals surface area contributed by atoms with Gasteiger partial charge in [0.25, 0.3) is 0 Å². The first-order chi connectivity index (χ1) is 12.5. The van der Waals surface area contributed by atoms with E-state index in [4.69, 9.17) is 9.47 Å². The predicted octanol–water partition coefficient (Wildman–Crippen LogP) is 4.29. The number of ether oxygens (including phenoxy) is 3. The summed E-state index contributed by atoms with van der Waals surface area (Å²) in [5.74, 6) is 3.20. The van der Waals surface area contributed by atoms with Gasteiger partial charge in [0.1, 0.15) is 6.79 Å². The Kier molecular flexibility index (Phi) is 7.48. The molecule has 1 heterocycles. The van der Waals surface area contributed by atoms with E-state index in [1.807, 2.05) is 0 Å². The molecular formula is C22H38O5. The Bertz CT molecular complexity index is 503. The van der Waals surface area contributed by atoms with Crippen LogP contribution < -0.4 is 0 Å². The van der Waals surface area contributed by atoms with E-state index in [0.717, 1.165) is 42.8 Å². The van der Waals surface area contributed by atoms with Crippen LogP contribution in [0.4, 0.5) is 0 Å². The maximum absolute atomic E-state index is 10.6. The van der Waals surface area contributed by atoms with E-state index in [2.05, 4.69) is 39.4 Å². The summed E-state index contributed by atoms with van der Waals surface area (Å²) in [6.07, 6.45) is 2.83. The molecule has 2 saturated carbocycles. The zero-order chi connectivity index (χ0) is 20.4. The molecule has 7 unspecified atom stereocenters. The van der Waals surface area contributed by atoms with Crippen LogP contribution in [0.3, 0.4) is 0 Å². The zero-order valence-electron chi connectivity index (χ0n) is 18.1. The average molecular weight is 383 g/mol. The molecule has 7 atom stereocenters. The maximum atomic E-state index is 10.6. The smallest absolute Gasteiger partial charge is 0.317 e. The highest BCUT2D eigenvalue weighted by Crippen LogP contribution is 2.54. The minimum Gasteiger partial charge on any atom is -0.393 e. The monoisotopic (exact) mass is 382 g/mol. The average Bonchev–Trinajstić information content (AvgIpc) is 3.18. The summed E-state index contributed by atoms with van der Waals surface area (Å²) in [6, 6.07) is 0. The first kappa shape index (κ1) is 22.4. The first-order valence-corrected chi connectivity index (χ1v) is 10.4. The van der Waals surface area contributed by atoms with Crippen molar-refractivity contribution in [3.63, 3.8) is 0 Å². The molecule has 3 rings (SSSR count). The van der Waals surface area contributed by atoms with Gasteiger partial charge in [0.2, 0.25) is 0 Å². The van der Waals surface area contributed by atoms with Gasteiger partial charge < -0.3 is 14.2 Å². The molecule has 27 heavy (non-hydrogen) atoms. The molecule has 2 bridgehead atoms. The number of esters is 2. The van der Waals surface area contributed by atoms with Crippen molar-refractivity contribution in [1.82, 2.24) is 0 Å². The van der Waals surface area contributed by atoms with Gasteiger partial charge in [0.15, 0.2) is 0 Å². The lowest BCUT2D eigenvalue weighted by molar-refractivity contribution is -0.153. The molecule has 2 aliphatic carbocycles. The highest BCUT2D eigenvalue weighted by atomic mass is 16.7. The molecule has 0 radical (unpaired) electrons. The second-order valence-corrected chi connectivity index (χ2v) is 10.1. The van der Waals surface area contributed by atoms with Crippen molar-refractivity contribution >= 4 is 11.9 Å². The van der Waals surface area contributed by atoms with Crippen LogP contribution in [0.15, 0.2) is 0 Å². The van der Waals surface area contributed by atoms with Crippen molar-refractivity contribution in [2.24, 2.45) is 46.8 Å². The Morgan fingerprint density at radius 2 is 1.52 bits per heavy atom. The molecule has 3 fully saturated rings. The third kappa shape index (κ3) is 5.77. The number of hydrogen-bond acceptors (Lipinski definition) is 5. The van der Waals surface area contributed by atoms with Crippen molar-refractivity contribution in [1.29, 1.82) is 0 Å². The summed E-state index contributed by atoms with van der Waals surface area (Å²) in [6.45, 7) is 16.9. The summed E-state index contributed by atoms with van der Waals surface area (Å²) >= 11 is 0. The first-order valence-electron chi connectivity index (χ1n) is 10.4. The molecule has 0 N–H and O–H groups in total. The van der Waals surface area contributed by atoms with Gasteiger partial charge in [-0.3, -0.25) is 9.59 Å². The van der Waals surface area contributed by atoms with Gasteiger partial charge in [-0.1, -0.05) is 48.5 Å². The molecule has 0 amide bonds. The van der Waals surface area contributed by atoms with E-state index in [1.165, 1.54) is 12.8 Å². The second kappa shape index (κ2) is 9.04. The lowest BCUT2D eigenvalue weighted by atomic mass is 9.76. The Hall–Kier alpha value is -0.940. The highest BCUT2D eigenvalue weighted by molar-refractivity contribution is 5.95. The summed E-state index contributed by atoms with van der Waals surface area (Å²) in [7, 11) is 0. The Morgan fingerprint density at radius 1 is 0.926 bits per heavy atom. The van der Waals surface area contributed by atoms with Crippen LogP contribution in [-0.4, -0.2) is 31.9 Å². The standard InChI is InChI=1S/C16H30O2.C6H8O3/c1-11-12(2)15-7-13(11)6-14(15)8-17-10-18-9-16(3,4)5;1-3-4(2)6(8)9-5(3)7/h11-15H,6-10H2,1-5H3;3-4H,1-2H3. The molecule has 0 aromatic carbocycles. The van der Waals surface area contributed by atoms with Crippen LogP contribution in [0.2, 0.25) is 0 Å². The van der Waals surface area contributed by atoms with Gasteiger partial charge in [-0.15, -0.1) is 0 Å². The molecular weight excluding hydrogens is 344 g/mol. The SMILES string of the molecule is CC1C(=O)OC(=O)C1C.CC1C2CC(COCOCC(C)(C)C)C(C2)C1C. The zero-order valence-corrected chi connectivity index (χ0v) is 18.1. The molecule has 5 heteroatoms. The van der Waals surface area contributed by atoms with Gasteiger partial charge in [-0.25, -0.2) is 0 Å². The number of fused-ring (bicyclic) bond motifs is 2. The summed E-state index contributed by atoms with van der Waals surface area (Å²) < 4.78 is 15.6. The fourth-order valence-corrected chi connectivity index (χ4v) is 4.59. The third-order valence-corrected chi connectivity index (χ3v) is 6.76.